The minimum absolute atomic E-state index is 0.333. The van der Waals surface area contributed by atoms with Crippen molar-refractivity contribution in [3.05, 3.63) is 42.7 Å². The van der Waals surface area contributed by atoms with Gasteiger partial charge in [0.25, 0.3) is 0 Å². The summed E-state index contributed by atoms with van der Waals surface area (Å²) < 4.78 is 24.5. The van der Waals surface area contributed by atoms with Gasteiger partial charge in [-0.25, -0.2) is 0 Å². The SMILES string of the molecule is O=S(=O)(c1ccccc1)[NH+]1C=CN=CC1. The molecule has 1 aliphatic heterocycles. The van der Waals surface area contributed by atoms with Crippen LogP contribution in [-0.4, -0.2) is 21.2 Å². The van der Waals surface area contributed by atoms with Gasteiger partial charge in [0.15, 0.2) is 0 Å². The largest absolute Gasteiger partial charge is 0.330 e. The van der Waals surface area contributed by atoms with Crippen LogP contribution in [0.5, 0.6) is 0 Å². The van der Waals surface area contributed by atoms with Crippen LogP contribution in [0.2, 0.25) is 0 Å². The maximum atomic E-state index is 12.0. The Kier molecular flexibility index (Phi) is 2.66. The number of benzene rings is 1. The number of nitrogens with one attached hydrogen (secondary N) is 1. The van der Waals surface area contributed by atoms with Gasteiger partial charge in [0.1, 0.15) is 17.6 Å². The fraction of sp³-hybridized carbons (Fsp3) is 0.100. The molecule has 1 N–H and O–H groups in total. The lowest BCUT2D eigenvalue weighted by Gasteiger charge is -2.13. The molecule has 1 heterocycles. The van der Waals surface area contributed by atoms with Gasteiger partial charge in [-0.1, -0.05) is 18.2 Å². The van der Waals surface area contributed by atoms with Crippen LogP contribution in [0.25, 0.3) is 0 Å². The van der Waals surface area contributed by atoms with Gasteiger partial charge in [0, 0.05) is 0 Å². The minimum Gasteiger partial charge on any atom is -0.258 e. The van der Waals surface area contributed by atoms with E-state index in [0.29, 0.717) is 15.7 Å². The summed E-state index contributed by atoms with van der Waals surface area (Å²) in [5.41, 5.74) is 0. The third-order valence-electron chi connectivity index (χ3n) is 2.14. The zero-order valence-corrected chi connectivity index (χ0v) is 8.81. The highest BCUT2D eigenvalue weighted by Gasteiger charge is 2.26. The van der Waals surface area contributed by atoms with Crippen molar-refractivity contribution in [1.82, 2.24) is 0 Å². The molecule has 15 heavy (non-hydrogen) atoms. The molecule has 78 valence electrons. The second kappa shape index (κ2) is 3.96. The summed E-state index contributed by atoms with van der Waals surface area (Å²) in [5, 5.41) is 0. The van der Waals surface area contributed by atoms with E-state index in [9.17, 15) is 8.42 Å². The summed E-state index contributed by atoms with van der Waals surface area (Å²) in [6.45, 7) is 0.369. The van der Waals surface area contributed by atoms with Gasteiger partial charge < -0.3 is 0 Å². The van der Waals surface area contributed by atoms with E-state index >= 15 is 0 Å². The Morgan fingerprint density at radius 2 is 1.93 bits per heavy atom. The number of hydrogen-bond acceptors (Lipinski definition) is 3. The van der Waals surface area contributed by atoms with Gasteiger partial charge in [-0.05, 0) is 12.1 Å². The van der Waals surface area contributed by atoms with Crippen molar-refractivity contribution in [1.29, 1.82) is 0 Å². The van der Waals surface area contributed by atoms with Crippen molar-refractivity contribution < 1.29 is 12.7 Å². The molecule has 1 aromatic carbocycles. The molecule has 1 unspecified atom stereocenters. The highest BCUT2D eigenvalue weighted by Crippen LogP contribution is 2.04. The standard InChI is InChI=1S/C10H10N2O2S/c13-15(14,10-4-2-1-3-5-10)12-8-6-11-7-9-12/h1-8H,9H2/p+1. The molecule has 0 aliphatic carbocycles. The predicted molar refractivity (Wildman–Crippen MR) is 57.1 cm³/mol. The van der Waals surface area contributed by atoms with Crippen LogP contribution < -0.4 is 4.31 Å². The Labute approximate surface area is 88.6 Å². The molecule has 0 bridgehead atoms. The summed E-state index contributed by atoms with van der Waals surface area (Å²) >= 11 is 0. The Morgan fingerprint density at radius 1 is 1.20 bits per heavy atom. The smallest absolute Gasteiger partial charge is 0.258 e. The van der Waals surface area contributed by atoms with Crippen molar-refractivity contribution in [2.75, 3.05) is 6.54 Å². The highest BCUT2D eigenvalue weighted by atomic mass is 32.2. The van der Waals surface area contributed by atoms with Gasteiger partial charge in [-0.15, -0.1) is 0 Å². The van der Waals surface area contributed by atoms with E-state index < -0.39 is 10.0 Å². The second-order valence-electron chi connectivity index (χ2n) is 3.13. The lowest BCUT2D eigenvalue weighted by Crippen LogP contribution is -3.10. The number of sulfonamides is 1. The van der Waals surface area contributed by atoms with E-state index in [-0.39, 0.29) is 0 Å². The third kappa shape index (κ3) is 1.98. The molecule has 5 heteroatoms. The van der Waals surface area contributed by atoms with Crippen LogP contribution >= 0.6 is 0 Å². The molecule has 2 rings (SSSR count). The quantitative estimate of drug-likeness (QED) is 0.756. The number of aliphatic imine (C=N–C) groups is 1. The summed E-state index contributed by atoms with van der Waals surface area (Å²) in [4.78, 5) is 4.18. The third-order valence-corrected chi connectivity index (χ3v) is 4.03. The van der Waals surface area contributed by atoms with Crippen molar-refractivity contribution in [2.24, 2.45) is 4.99 Å². The summed E-state index contributed by atoms with van der Waals surface area (Å²) in [6, 6.07) is 8.42. The first-order valence-electron chi connectivity index (χ1n) is 4.55. The molecule has 0 radical (unpaired) electrons. The second-order valence-corrected chi connectivity index (χ2v) is 5.14. The Morgan fingerprint density at radius 3 is 2.53 bits per heavy atom. The van der Waals surface area contributed by atoms with Crippen LogP contribution in [0.3, 0.4) is 0 Å². The van der Waals surface area contributed by atoms with E-state index in [1.807, 2.05) is 0 Å². The average molecular weight is 223 g/mol. The van der Waals surface area contributed by atoms with Gasteiger partial charge >= 0.3 is 10.0 Å². The van der Waals surface area contributed by atoms with E-state index in [2.05, 4.69) is 4.99 Å². The summed E-state index contributed by atoms with van der Waals surface area (Å²) in [5.74, 6) is 0. The van der Waals surface area contributed by atoms with E-state index in [1.165, 1.54) is 6.20 Å². The zero-order valence-electron chi connectivity index (χ0n) is 8.00. The number of hydrogen-bond donors (Lipinski definition) is 1. The lowest BCUT2D eigenvalue weighted by atomic mass is 10.4. The zero-order chi connectivity index (χ0) is 10.7. The van der Waals surface area contributed by atoms with Crippen LogP contribution in [0, 0.1) is 0 Å². The van der Waals surface area contributed by atoms with E-state index in [0.717, 1.165) is 0 Å². The topological polar surface area (TPSA) is 50.9 Å². The lowest BCUT2D eigenvalue weighted by molar-refractivity contribution is -0.694. The van der Waals surface area contributed by atoms with E-state index in [1.54, 1.807) is 42.7 Å². The van der Waals surface area contributed by atoms with Crippen LogP contribution in [0.1, 0.15) is 0 Å². The Balaban J connectivity index is 2.36. The highest BCUT2D eigenvalue weighted by molar-refractivity contribution is 7.85. The van der Waals surface area contributed by atoms with Crippen LogP contribution in [-0.2, 0) is 10.0 Å². The minimum atomic E-state index is -3.32. The molecule has 1 atom stereocenters. The fourth-order valence-electron chi connectivity index (χ4n) is 1.35. The van der Waals surface area contributed by atoms with Crippen LogP contribution in [0.15, 0.2) is 52.6 Å². The first-order chi connectivity index (χ1) is 7.21. The summed E-state index contributed by atoms with van der Waals surface area (Å²) in [7, 11) is -3.32. The first-order valence-corrected chi connectivity index (χ1v) is 6.04. The first kappa shape index (κ1) is 10.1. The molecule has 4 nitrogen and oxygen atoms in total. The number of rotatable bonds is 2. The van der Waals surface area contributed by atoms with Gasteiger partial charge in [-0.2, -0.15) is 12.7 Å². The van der Waals surface area contributed by atoms with Crippen molar-refractivity contribution in [3.8, 4) is 0 Å². The van der Waals surface area contributed by atoms with Gasteiger partial charge in [-0.3, -0.25) is 4.99 Å². The molecule has 0 spiro atoms. The molecule has 1 aromatic rings. The van der Waals surface area contributed by atoms with Gasteiger partial charge in [0.05, 0.1) is 12.4 Å². The molecular weight excluding hydrogens is 212 g/mol. The van der Waals surface area contributed by atoms with Crippen molar-refractivity contribution >= 4 is 16.2 Å². The molecule has 1 aliphatic rings. The Hall–Kier alpha value is -1.46. The molecule has 0 amide bonds. The van der Waals surface area contributed by atoms with E-state index in [4.69, 9.17) is 0 Å². The monoisotopic (exact) mass is 223 g/mol. The number of nitrogens with zero attached hydrogens (tertiary/aromatic N) is 1. The van der Waals surface area contributed by atoms with Gasteiger partial charge in [0.2, 0.25) is 0 Å². The maximum Gasteiger partial charge on any atom is 0.330 e. The molecule has 0 saturated carbocycles. The average Bonchev–Trinajstić information content (AvgIpc) is 2.31. The van der Waals surface area contributed by atoms with Crippen molar-refractivity contribution in [2.45, 2.75) is 4.90 Å². The molecule has 0 saturated heterocycles. The summed E-state index contributed by atoms with van der Waals surface area (Å²) in [6.07, 6.45) is 4.64. The molecule has 0 fully saturated rings. The molecule has 0 aromatic heterocycles. The van der Waals surface area contributed by atoms with Crippen molar-refractivity contribution in [3.63, 3.8) is 0 Å². The van der Waals surface area contributed by atoms with Crippen LogP contribution in [0.4, 0.5) is 0 Å². The fourth-order valence-corrected chi connectivity index (χ4v) is 2.70. The Bertz CT molecular complexity index is 491. The predicted octanol–water partition coefficient (Wildman–Crippen LogP) is -0.184. The molecular formula is C10H11N2O2S+. The number of quaternary nitrogens is 1. The normalized spacial score (nSPS) is 20.4. The maximum absolute atomic E-state index is 12.0.